The molecule has 0 aromatic carbocycles. The van der Waals surface area contributed by atoms with Crippen LogP contribution in [0.5, 0.6) is 0 Å². The largest absolute Gasteiger partial charge is 0.372 e. The van der Waals surface area contributed by atoms with Gasteiger partial charge in [-0.05, 0) is 32.2 Å². The van der Waals surface area contributed by atoms with E-state index in [1.807, 2.05) is 0 Å². The van der Waals surface area contributed by atoms with Crippen LogP contribution in [0.25, 0.3) is 0 Å². The summed E-state index contributed by atoms with van der Waals surface area (Å²) in [5, 5.41) is 10.6. The number of piperidine rings is 1. The highest BCUT2D eigenvalue weighted by Crippen LogP contribution is 2.08. The Hall–Kier alpha value is -0.610. The Morgan fingerprint density at radius 2 is 2.38 bits per heavy atom. The standard InChI is InChI=1S/C9H19N3O/c10-5-1-2-7-13-8-4-3-6-12-9(8)11/h8H,1-7,10H2,(H2,11,12). The van der Waals surface area contributed by atoms with Crippen LogP contribution in [0, 0.1) is 5.41 Å². The van der Waals surface area contributed by atoms with Crippen LogP contribution in [0.2, 0.25) is 0 Å². The second-order valence-corrected chi connectivity index (χ2v) is 3.34. The van der Waals surface area contributed by atoms with E-state index in [2.05, 4.69) is 5.32 Å². The van der Waals surface area contributed by atoms with E-state index in [-0.39, 0.29) is 6.10 Å². The first-order chi connectivity index (χ1) is 6.34. The lowest BCUT2D eigenvalue weighted by molar-refractivity contribution is 0.0806. The van der Waals surface area contributed by atoms with E-state index >= 15 is 0 Å². The average molecular weight is 185 g/mol. The third-order valence-electron chi connectivity index (χ3n) is 2.20. The number of unbranched alkanes of at least 4 members (excludes halogenated alkanes) is 1. The third-order valence-corrected chi connectivity index (χ3v) is 2.20. The van der Waals surface area contributed by atoms with E-state index < -0.39 is 0 Å². The smallest absolute Gasteiger partial charge is 0.123 e. The lowest BCUT2D eigenvalue weighted by atomic mass is 10.1. The Bertz CT molecular complexity index is 161. The second-order valence-electron chi connectivity index (χ2n) is 3.34. The van der Waals surface area contributed by atoms with Crippen molar-refractivity contribution in [2.24, 2.45) is 5.73 Å². The van der Waals surface area contributed by atoms with E-state index in [0.29, 0.717) is 5.84 Å². The molecule has 1 saturated heterocycles. The molecular weight excluding hydrogens is 166 g/mol. The molecule has 0 radical (unpaired) electrons. The molecule has 4 heteroatoms. The molecule has 0 saturated carbocycles. The zero-order chi connectivity index (χ0) is 9.52. The van der Waals surface area contributed by atoms with Crippen molar-refractivity contribution in [1.82, 2.24) is 5.32 Å². The molecule has 1 aliphatic rings. The number of hydrogen-bond acceptors (Lipinski definition) is 3. The molecule has 0 aromatic rings. The Morgan fingerprint density at radius 3 is 3.08 bits per heavy atom. The van der Waals surface area contributed by atoms with Crippen molar-refractivity contribution in [2.45, 2.75) is 31.8 Å². The molecule has 1 aliphatic heterocycles. The summed E-state index contributed by atoms with van der Waals surface area (Å²) in [4.78, 5) is 0. The molecule has 0 amide bonds. The zero-order valence-corrected chi connectivity index (χ0v) is 8.01. The number of amidine groups is 1. The molecule has 4 nitrogen and oxygen atoms in total. The number of nitrogens with one attached hydrogen (secondary N) is 2. The zero-order valence-electron chi connectivity index (χ0n) is 8.01. The molecule has 0 spiro atoms. The first-order valence-electron chi connectivity index (χ1n) is 4.98. The van der Waals surface area contributed by atoms with Crippen molar-refractivity contribution in [3.8, 4) is 0 Å². The maximum Gasteiger partial charge on any atom is 0.123 e. The van der Waals surface area contributed by atoms with Gasteiger partial charge in [0, 0.05) is 13.2 Å². The summed E-state index contributed by atoms with van der Waals surface area (Å²) in [6.07, 6.45) is 4.10. The maximum absolute atomic E-state index is 7.57. The van der Waals surface area contributed by atoms with E-state index in [0.717, 1.165) is 45.4 Å². The van der Waals surface area contributed by atoms with Gasteiger partial charge in [0.2, 0.25) is 0 Å². The van der Waals surface area contributed by atoms with Gasteiger partial charge in [0.25, 0.3) is 0 Å². The monoisotopic (exact) mass is 185 g/mol. The highest BCUT2D eigenvalue weighted by atomic mass is 16.5. The van der Waals surface area contributed by atoms with Crippen molar-refractivity contribution in [1.29, 1.82) is 5.41 Å². The molecule has 0 aromatic heterocycles. The minimum absolute atomic E-state index is 0.00604. The lowest BCUT2D eigenvalue weighted by Gasteiger charge is -2.24. The summed E-state index contributed by atoms with van der Waals surface area (Å²) in [6.45, 7) is 2.37. The highest BCUT2D eigenvalue weighted by molar-refractivity contribution is 5.84. The second kappa shape index (κ2) is 5.94. The summed E-state index contributed by atoms with van der Waals surface area (Å²) in [5.74, 6) is 0.541. The van der Waals surface area contributed by atoms with Crippen LogP contribution in [0.4, 0.5) is 0 Å². The third kappa shape index (κ3) is 3.74. The fourth-order valence-electron chi connectivity index (χ4n) is 1.41. The Kier molecular flexibility index (Phi) is 4.78. The van der Waals surface area contributed by atoms with Crippen LogP contribution in [-0.4, -0.2) is 31.6 Å². The predicted octanol–water partition coefficient (Wildman–Crippen LogP) is 0.471. The van der Waals surface area contributed by atoms with Crippen molar-refractivity contribution < 1.29 is 4.74 Å². The fourth-order valence-corrected chi connectivity index (χ4v) is 1.41. The molecule has 1 heterocycles. The highest BCUT2D eigenvalue weighted by Gasteiger charge is 2.18. The molecule has 4 N–H and O–H groups in total. The van der Waals surface area contributed by atoms with Gasteiger partial charge >= 0.3 is 0 Å². The Morgan fingerprint density at radius 1 is 1.54 bits per heavy atom. The van der Waals surface area contributed by atoms with Gasteiger partial charge in [0.05, 0.1) is 0 Å². The number of hydrogen-bond donors (Lipinski definition) is 3. The molecule has 0 bridgehead atoms. The number of ether oxygens (including phenoxy) is 1. The molecule has 76 valence electrons. The van der Waals surface area contributed by atoms with Gasteiger partial charge in [0.15, 0.2) is 0 Å². The Labute approximate surface area is 79.3 Å². The summed E-state index contributed by atoms with van der Waals surface area (Å²) < 4.78 is 5.55. The maximum atomic E-state index is 7.57. The van der Waals surface area contributed by atoms with Gasteiger partial charge in [-0.1, -0.05) is 0 Å². The van der Waals surface area contributed by atoms with Crippen molar-refractivity contribution in [2.75, 3.05) is 19.7 Å². The molecule has 1 unspecified atom stereocenters. The van der Waals surface area contributed by atoms with Crippen LogP contribution in [0.1, 0.15) is 25.7 Å². The quantitative estimate of drug-likeness (QED) is 0.545. The SMILES string of the molecule is N=C1NCCCC1OCCCCN. The van der Waals surface area contributed by atoms with Crippen LogP contribution >= 0.6 is 0 Å². The predicted molar refractivity (Wildman–Crippen MR) is 53.0 cm³/mol. The molecule has 1 atom stereocenters. The summed E-state index contributed by atoms with van der Waals surface area (Å²) >= 11 is 0. The van der Waals surface area contributed by atoms with E-state index in [1.54, 1.807) is 0 Å². The van der Waals surface area contributed by atoms with E-state index in [9.17, 15) is 0 Å². The van der Waals surface area contributed by atoms with Crippen molar-refractivity contribution >= 4 is 5.84 Å². The summed E-state index contributed by atoms with van der Waals surface area (Å²) in [7, 11) is 0. The fraction of sp³-hybridized carbons (Fsp3) is 0.889. The molecule has 1 rings (SSSR count). The normalized spacial score (nSPS) is 22.8. The van der Waals surface area contributed by atoms with Gasteiger partial charge in [-0.15, -0.1) is 0 Å². The topological polar surface area (TPSA) is 71.1 Å². The first-order valence-corrected chi connectivity index (χ1v) is 4.98. The first kappa shape index (κ1) is 10.5. The van der Waals surface area contributed by atoms with Crippen LogP contribution in [-0.2, 0) is 4.74 Å². The van der Waals surface area contributed by atoms with Crippen LogP contribution in [0.3, 0.4) is 0 Å². The molecule has 0 aliphatic carbocycles. The van der Waals surface area contributed by atoms with Crippen LogP contribution < -0.4 is 11.1 Å². The van der Waals surface area contributed by atoms with Gasteiger partial charge in [-0.3, -0.25) is 5.41 Å². The van der Waals surface area contributed by atoms with Crippen molar-refractivity contribution in [3.05, 3.63) is 0 Å². The van der Waals surface area contributed by atoms with Gasteiger partial charge < -0.3 is 15.8 Å². The van der Waals surface area contributed by atoms with Gasteiger partial charge in [-0.2, -0.15) is 0 Å². The van der Waals surface area contributed by atoms with Crippen LogP contribution in [0.15, 0.2) is 0 Å². The molecule has 13 heavy (non-hydrogen) atoms. The minimum atomic E-state index is 0.00604. The lowest BCUT2D eigenvalue weighted by Crippen LogP contribution is -2.41. The summed E-state index contributed by atoms with van der Waals surface area (Å²) in [5.41, 5.74) is 5.36. The molecule has 1 fully saturated rings. The van der Waals surface area contributed by atoms with E-state index in [4.69, 9.17) is 15.9 Å². The molecular formula is C9H19N3O. The van der Waals surface area contributed by atoms with E-state index in [1.165, 1.54) is 0 Å². The van der Waals surface area contributed by atoms with Crippen molar-refractivity contribution in [3.63, 3.8) is 0 Å². The van der Waals surface area contributed by atoms with Gasteiger partial charge in [-0.25, -0.2) is 0 Å². The summed E-state index contributed by atoms with van der Waals surface area (Å²) in [6, 6.07) is 0. The number of nitrogens with two attached hydrogens (primary N) is 1. The average Bonchev–Trinajstić information content (AvgIpc) is 2.15. The number of rotatable bonds is 5. The minimum Gasteiger partial charge on any atom is -0.372 e. The van der Waals surface area contributed by atoms with Gasteiger partial charge in [0.1, 0.15) is 11.9 Å². The Balaban J connectivity index is 2.08.